The summed E-state index contributed by atoms with van der Waals surface area (Å²) in [5.74, 6) is -2.03. The van der Waals surface area contributed by atoms with Crippen molar-refractivity contribution in [3.05, 3.63) is 77.6 Å². The molecule has 0 amide bonds. The Labute approximate surface area is 153 Å². The van der Waals surface area contributed by atoms with E-state index in [1.165, 1.54) is 19.2 Å². The molecule has 132 valence electrons. The van der Waals surface area contributed by atoms with Crippen molar-refractivity contribution < 1.29 is 17.9 Å². The molecule has 0 unspecified atom stereocenters. The van der Waals surface area contributed by atoms with Crippen molar-refractivity contribution in [1.29, 1.82) is 0 Å². The molecule has 7 heteroatoms. The number of benzene rings is 2. The maximum absolute atomic E-state index is 14.6. The quantitative estimate of drug-likeness (QED) is 0.634. The van der Waals surface area contributed by atoms with Gasteiger partial charge in [0, 0.05) is 11.6 Å². The number of methoxy groups -OCH3 is 1. The molecular weight excluding hydrogens is 361 g/mol. The molecule has 0 aliphatic rings. The molecule has 0 saturated heterocycles. The first-order valence-electron chi connectivity index (χ1n) is 7.56. The lowest BCUT2D eigenvalue weighted by molar-refractivity contribution is 0.415. The molecule has 3 nitrogen and oxygen atoms in total. The fourth-order valence-corrected chi connectivity index (χ4v) is 2.52. The maximum atomic E-state index is 14.6. The van der Waals surface area contributed by atoms with Crippen LogP contribution in [0.15, 0.2) is 54.6 Å². The molecule has 0 fully saturated rings. The van der Waals surface area contributed by atoms with Gasteiger partial charge in [-0.15, -0.1) is 0 Å². The van der Waals surface area contributed by atoms with Crippen LogP contribution in [0.4, 0.5) is 24.7 Å². The molecule has 1 aromatic heterocycles. The van der Waals surface area contributed by atoms with Crippen molar-refractivity contribution in [3.8, 4) is 11.3 Å². The van der Waals surface area contributed by atoms with Crippen LogP contribution < -0.4 is 5.32 Å². The Morgan fingerprint density at radius 3 is 2.38 bits per heavy atom. The maximum Gasteiger partial charge on any atom is 0.194 e. The molecule has 0 aliphatic heterocycles. The Balaban J connectivity index is 2.12. The van der Waals surface area contributed by atoms with E-state index < -0.39 is 17.5 Å². The number of aromatic nitrogens is 1. The molecule has 3 rings (SSSR count). The van der Waals surface area contributed by atoms with Crippen molar-refractivity contribution in [2.45, 2.75) is 0 Å². The van der Waals surface area contributed by atoms with Crippen molar-refractivity contribution in [2.75, 3.05) is 12.4 Å². The standard InChI is InChI=1S/C19H13F3N2OS/c1-25-19(26)13-10-15(22)17(11-5-3-2-4-6-11)24-18(13)23-16-8-7-12(20)9-14(16)21/h2-10H,1H3,(H,23,24). The van der Waals surface area contributed by atoms with Crippen LogP contribution in [0.3, 0.4) is 0 Å². The molecule has 0 bridgehead atoms. The Morgan fingerprint density at radius 1 is 1.00 bits per heavy atom. The van der Waals surface area contributed by atoms with E-state index in [1.54, 1.807) is 30.3 Å². The number of halogens is 3. The molecule has 1 N–H and O–H groups in total. The second-order valence-corrected chi connectivity index (χ2v) is 5.69. The van der Waals surface area contributed by atoms with Gasteiger partial charge in [-0.1, -0.05) is 30.3 Å². The zero-order valence-electron chi connectivity index (χ0n) is 13.6. The fourth-order valence-electron chi connectivity index (χ4n) is 2.37. The third-order valence-corrected chi connectivity index (χ3v) is 4.00. The van der Waals surface area contributed by atoms with Gasteiger partial charge in [0.1, 0.15) is 29.0 Å². The summed E-state index contributed by atoms with van der Waals surface area (Å²) in [4.78, 5) is 4.26. The van der Waals surface area contributed by atoms with Gasteiger partial charge in [-0.3, -0.25) is 0 Å². The van der Waals surface area contributed by atoms with Gasteiger partial charge in [-0.2, -0.15) is 0 Å². The third-order valence-electron chi connectivity index (χ3n) is 3.61. The molecule has 2 aromatic carbocycles. The first kappa shape index (κ1) is 17.9. The zero-order valence-corrected chi connectivity index (χ0v) is 14.4. The predicted molar refractivity (Wildman–Crippen MR) is 98.0 cm³/mol. The topological polar surface area (TPSA) is 34.1 Å². The van der Waals surface area contributed by atoms with Crippen LogP contribution in [0.2, 0.25) is 0 Å². The SMILES string of the molecule is COC(=S)c1cc(F)c(-c2ccccc2)nc1Nc1ccc(F)cc1F. The average molecular weight is 374 g/mol. The summed E-state index contributed by atoms with van der Waals surface area (Å²) in [7, 11) is 1.34. The number of pyridine rings is 1. The number of nitrogens with one attached hydrogen (secondary N) is 1. The van der Waals surface area contributed by atoms with Gasteiger partial charge in [0.2, 0.25) is 0 Å². The first-order valence-corrected chi connectivity index (χ1v) is 7.96. The van der Waals surface area contributed by atoms with E-state index in [0.29, 0.717) is 5.56 Å². The van der Waals surface area contributed by atoms with Gasteiger partial charge < -0.3 is 10.1 Å². The number of ether oxygens (including phenoxy) is 1. The van der Waals surface area contributed by atoms with Crippen molar-refractivity contribution >= 4 is 28.8 Å². The Morgan fingerprint density at radius 2 is 1.73 bits per heavy atom. The summed E-state index contributed by atoms with van der Waals surface area (Å²) in [5.41, 5.74) is 0.744. The van der Waals surface area contributed by atoms with Gasteiger partial charge in [-0.25, -0.2) is 18.2 Å². The Kier molecular flexibility index (Phi) is 5.18. The van der Waals surface area contributed by atoms with E-state index in [9.17, 15) is 13.2 Å². The number of hydrogen-bond donors (Lipinski definition) is 1. The molecule has 3 aromatic rings. The van der Waals surface area contributed by atoms with E-state index in [-0.39, 0.29) is 27.8 Å². The third kappa shape index (κ3) is 3.67. The minimum atomic E-state index is -0.813. The number of rotatable bonds is 4. The molecule has 0 radical (unpaired) electrons. The Bertz CT molecular complexity index is 964. The minimum Gasteiger partial charge on any atom is -0.486 e. The minimum absolute atomic E-state index is 0.0129. The highest BCUT2D eigenvalue weighted by molar-refractivity contribution is 7.80. The van der Waals surface area contributed by atoms with Crippen LogP contribution in [0, 0.1) is 17.5 Å². The highest BCUT2D eigenvalue weighted by Crippen LogP contribution is 2.29. The number of anilines is 2. The molecule has 0 aliphatic carbocycles. The summed E-state index contributed by atoms with van der Waals surface area (Å²) in [5, 5.41) is 2.72. The van der Waals surface area contributed by atoms with Gasteiger partial charge in [0.15, 0.2) is 5.05 Å². The van der Waals surface area contributed by atoms with Crippen LogP contribution >= 0.6 is 12.2 Å². The summed E-state index contributed by atoms with van der Waals surface area (Å²) < 4.78 is 46.6. The molecule has 0 saturated carbocycles. The zero-order chi connectivity index (χ0) is 18.7. The van der Waals surface area contributed by atoms with Crippen LogP contribution in [-0.4, -0.2) is 17.1 Å². The summed E-state index contributed by atoms with van der Waals surface area (Å²) in [6.07, 6.45) is 0. The second kappa shape index (κ2) is 7.53. The predicted octanol–water partition coefficient (Wildman–Crippen LogP) is 5.23. The first-order chi connectivity index (χ1) is 12.5. The van der Waals surface area contributed by atoms with Gasteiger partial charge in [-0.05, 0) is 30.4 Å². The molecule has 0 atom stereocenters. The lowest BCUT2D eigenvalue weighted by Crippen LogP contribution is -2.09. The summed E-state index contributed by atoms with van der Waals surface area (Å²) in [6.45, 7) is 0. The number of nitrogens with zero attached hydrogens (tertiary/aromatic N) is 1. The van der Waals surface area contributed by atoms with Crippen molar-refractivity contribution in [3.63, 3.8) is 0 Å². The van der Waals surface area contributed by atoms with Gasteiger partial charge in [0.05, 0.1) is 18.4 Å². The number of thiocarbonyl (C=S) groups is 1. The van der Waals surface area contributed by atoms with E-state index in [0.717, 1.165) is 12.1 Å². The summed E-state index contributed by atoms with van der Waals surface area (Å²) in [6, 6.07) is 12.9. The van der Waals surface area contributed by atoms with E-state index in [4.69, 9.17) is 17.0 Å². The van der Waals surface area contributed by atoms with Gasteiger partial charge >= 0.3 is 0 Å². The lowest BCUT2D eigenvalue weighted by atomic mass is 10.1. The largest absolute Gasteiger partial charge is 0.486 e. The number of hydrogen-bond acceptors (Lipinski definition) is 4. The summed E-state index contributed by atoms with van der Waals surface area (Å²) >= 11 is 5.08. The molecule has 1 heterocycles. The van der Waals surface area contributed by atoms with E-state index >= 15 is 0 Å². The smallest absolute Gasteiger partial charge is 0.194 e. The fraction of sp³-hybridized carbons (Fsp3) is 0.0526. The lowest BCUT2D eigenvalue weighted by Gasteiger charge is -2.14. The molecular formula is C19H13F3N2OS. The van der Waals surface area contributed by atoms with Crippen LogP contribution in [0.5, 0.6) is 0 Å². The van der Waals surface area contributed by atoms with E-state index in [1.807, 2.05) is 0 Å². The average Bonchev–Trinajstić information content (AvgIpc) is 2.65. The Hall–Kier alpha value is -2.93. The highest BCUT2D eigenvalue weighted by atomic mass is 32.1. The van der Waals surface area contributed by atoms with Crippen LogP contribution in [0.25, 0.3) is 11.3 Å². The normalized spacial score (nSPS) is 10.5. The van der Waals surface area contributed by atoms with Crippen LogP contribution in [0.1, 0.15) is 5.56 Å². The molecule has 26 heavy (non-hydrogen) atoms. The second-order valence-electron chi connectivity index (χ2n) is 5.32. The van der Waals surface area contributed by atoms with Crippen molar-refractivity contribution in [1.82, 2.24) is 4.98 Å². The highest BCUT2D eigenvalue weighted by Gasteiger charge is 2.18. The molecule has 0 spiro atoms. The van der Waals surface area contributed by atoms with Crippen molar-refractivity contribution in [2.24, 2.45) is 0 Å². The monoisotopic (exact) mass is 374 g/mol. The van der Waals surface area contributed by atoms with E-state index in [2.05, 4.69) is 10.3 Å². The van der Waals surface area contributed by atoms with Gasteiger partial charge in [0.25, 0.3) is 0 Å². The van der Waals surface area contributed by atoms with Crippen LogP contribution in [-0.2, 0) is 4.74 Å².